The lowest BCUT2D eigenvalue weighted by molar-refractivity contribution is -0.123. The molecular weight excluding hydrogens is 232 g/mol. The van der Waals surface area contributed by atoms with Gasteiger partial charge in [-0.05, 0) is 12.2 Å². The maximum Gasteiger partial charge on any atom is 0.238 e. The van der Waals surface area contributed by atoms with Gasteiger partial charge in [0.2, 0.25) is 5.91 Å². The van der Waals surface area contributed by atoms with Gasteiger partial charge in [0.1, 0.15) is 0 Å². The minimum Gasteiger partial charge on any atom is -0.350 e. The molecule has 1 aliphatic heterocycles. The Morgan fingerprint density at radius 1 is 1.87 bits per heavy atom. The van der Waals surface area contributed by atoms with Gasteiger partial charge in [-0.3, -0.25) is 15.1 Å². The minimum atomic E-state index is 0.0306. The van der Waals surface area contributed by atoms with Crippen molar-refractivity contribution in [1.82, 2.24) is 15.6 Å². The third-order valence-electron chi connectivity index (χ3n) is 1.59. The molecule has 7 heteroatoms. The molecule has 1 saturated heterocycles. The Hall–Kier alpha value is -1.26. The summed E-state index contributed by atoms with van der Waals surface area (Å²) >= 11 is 6.25. The third-order valence-corrected chi connectivity index (χ3v) is 2.84. The normalized spacial score (nSPS) is 17.7. The topological polar surface area (TPSA) is 56.7 Å². The van der Waals surface area contributed by atoms with E-state index in [1.807, 2.05) is 0 Å². The second-order valence-electron chi connectivity index (χ2n) is 2.63. The number of amidine groups is 1. The average Bonchev–Trinajstić information content (AvgIpc) is 2.54. The predicted molar refractivity (Wildman–Crippen MR) is 65.2 cm³/mol. The van der Waals surface area contributed by atoms with Gasteiger partial charge in [-0.1, -0.05) is 17.7 Å². The molecule has 0 saturated carbocycles. The molecule has 0 aromatic heterocycles. The van der Waals surface area contributed by atoms with Crippen molar-refractivity contribution < 1.29 is 4.79 Å². The van der Waals surface area contributed by atoms with Crippen LogP contribution in [-0.4, -0.2) is 40.4 Å². The van der Waals surface area contributed by atoms with Crippen LogP contribution in [0.5, 0.6) is 0 Å². The molecule has 1 amide bonds. The first-order valence-corrected chi connectivity index (χ1v) is 5.49. The van der Waals surface area contributed by atoms with E-state index in [2.05, 4.69) is 21.8 Å². The summed E-state index contributed by atoms with van der Waals surface area (Å²) in [7, 11) is 1.67. The number of nitrogens with zero attached hydrogens (tertiary/aromatic N) is 2. The molecule has 1 aliphatic rings. The molecule has 1 fully saturated rings. The van der Waals surface area contributed by atoms with E-state index in [9.17, 15) is 4.79 Å². The molecule has 2 N–H and O–H groups in total. The molecule has 1 rings (SSSR count). The van der Waals surface area contributed by atoms with E-state index >= 15 is 0 Å². The maximum atomic E-state index is 11.1. The predicted octanol–water partition coefficient (Wildman–Crippen LogP) is -0.440. The lowest BCUT2D eigenvalue weighted by Crippen LogP contribution is -2.34. The average molecular weight is 242 g/mol. The van der Waals surface area contributed by atoms with E-state index < -0.39 is 0 Å². The SMILES string of the molecule is C#CCNC(=S)NN=C1SCC(=O)N1C. The Labute approximate surface area is 97.7 Å². The van der Waals surface area contributed by atoms with Crippen LogP contribution in [0.4, 0.5) is 0 Å². The first kappa shape index (κ1) is 11.8. The molecule has 0 aliphatic carbocycles. The van der Waals surface area contributed by atoms with Gasteiger partial charge in [0, 0.05) is 7.05 Å². The molecule has 0 aromatic rings. The van der Waals surface area contributed by atoms with Crippen LogP contribution in [0.3, 0.4) is 0 Å². The van der Waals surface area contributed by atoms with Crippen molar-refractivity contribution in [2.24, 2.45) is 5.10 Å². The molecule has 0 aromatic carbocycles. The number of carbonyl (C=O) groups is 1. The summed E-state index contributed by atoms with van der Waals surface area (Å²) in [6.07, 6.45) is 5.04. The van der Waals surface area contributed by atoms with E-state index in [1.54, 1.807) is 7.05 Å². The Bertz CT molecular complexity index is 347. The number of hydrazone groups is 1. The van der Waals surface area contributed by atoms with Gasteiger partial charge in [0.25, 0.3) is 0 Å². The lowest BCUT2D eigenvalue weighted by Gasteiger charge is -2.08. The van der Waals surface area contributed by atoms with Gasteiger partial charge in [-0.25, -0.2) is 0 Å². The van der Waals surface area contributed by atoms with Crippen molar-refractivity contribution >= 4 is 40.2 Å². The van der Waals surface area contributed by atoms with Crippen molar-refractivity contribution in [3.63, 3.8) is 0 Å². The van der Waals surface area contributed by atoms with Crippen molar-refractivity contribution in [3.05, 3.63) is 0 Å². The Morgan fingerprint density at radius 3 is 3.13 bits per heavy atom. The number of rotatable bonds is 2. The fraction of sp³-hybridized carbons (Fsp3) is 0.375. The third kappa shape index (κ3) is 3.42. The number of hydrogen-bond acceptors (Lipinski definition) is 4. The highest BCUT2D eigenvalue weighted by Gasteiger charge is 2.24. The molecule has 1 heterocycles. The van der Waals surface area contributed by atoms with Crippen LogP contribution in [-0.2, 0) is 4.79 Å². The van der Waals surface area contributed by atoms with E-state index in [4.69, 9.17) is 18.6 Å². The van der Waals surface area contributed by atoms with Crippen LogP contribution in [0.2, 0.25) is 0 Å². The number of nitrogens with one attached hydrogen (secondary N) is 2. The Morgan fingerprint density at radius 2 is 2.60 bits per heavy atom. The monoisotopic (exact) mass is 242 g/mol. The van der Waals surface area contributed by atoms with Crippen molar-refractivity contribution in [3.8, 4) is 12.3 Å². The number of hydrogen-bond donors (Lipinski definition) is 2. The summed E-state index contributed by atoms with van der Waals surface area (Å²) in [6, 6.07) is 0. The van der Waals surface area contributed by atoms with Crippen LogP contribution in [0.15, 0.2) is 5.10 Å². The van der Waals surface area contributed by atoms with E-state index in [0.717, 1.165) is 0 Å². The lowest BCUT2D eigenvalue weighted by atomic mass is 10.6. The van der Waals surface area contributed by atoms with Gasteiger partial charge in [-0.15, -0.1) is 11.5 Å². The summed E-state index contributed by atoms with van der Waals surface area (Å²) < 4.78 is 0. The molecule has 0 bridgehead atoms. The smallest absolute Gasteiger partial charge is 0.238 e. The zero-order valence-corrected chi connectivity index (χ0v) is 9.74. The second kappa shape index (κ2) is 5.58. The van der Waals surface area contributed by atoms with Crippen molar-refractivity contribution in [2.45, 2.75) is 0 Å². The summed E-state index contributed by atoms with van der Waals surface area (Å²) in [4.78, 5) is 12.6. The van der Waals surface area contributed by atoms with Crippen molar-refractivity contribution in [2.75, 3.05) is 19.3 Å². The standard InChI is InChI=1S/C8H10N4OS2/c1-3-4-9-7(14)10-11-8-12(2)6(13)5-15-8/h1H,4-5H2,2H3,(H2,9,10,14). The minimum absolute atomic E-state index is 0.0306. The summed E-state index contributed by atoms with van der Waals surface area (Å²) in [5, 5.41) is 7.66. The number of amides is 1. The van der Waals surface area contributed by atoms with Crippen LogP contribution in [0.25, 0.3) is 0 Å². The summed E-state index contributed by atoms with van der Waals surface area (Å²) in [5.74, 6) is 2.83. The van der Waals surface area contributed by atoms with Gasteiger partial charge >= 0.3 is 0 Å². The number of terminal acetylenes is 1. The molecule has 0 atom stereocenters. The first-order valence-electron chi connectivity index (χ1n) is 4.09. The number of thioether (sulfide) groups is 1. The maximum absolute atomic E-state index is 11.1. The number of carbonyl (C=O) groups excluding carboxylic acids is 1. The first-order chi connectivity index (χ1) is 7.15. The van der Waals surface area contributed by atoms with E-state index in [0.29, 0.717) is 22.6 Å². The van der Waals surface area contributed by atoms with Crippen LogP contribution in [0, 0.1) is 12.3 Å². The van der Waals surface area contributed by atoms with Crippen molar-refractivity contribution in [1.29, 1.82) is 0 Å². The quantitative estimate of drug-likeness (QED) is 0.390. The molecule has 0 radical (unpaired) electrons. The van der Waals surface area contributed by atoms with Crippen LogP contribution >= 0.6 is 24.0 Å². The fourth-order valence-corrected chi connectivity index (χ4v) is 1.77. The highest BCUT2D eigenvalue weighted by atomic mass is 32.2. The zero-order valence-electron chi connectivity index (χ0n) is 8.11. The number of thiocarbonyl (C=S) groups is 1. The van der Waals surface area contributed by atoms with Gasteiger partial charge in [0.15, 0.2) is 10.3 Å². The van der Waals surface area contributed by atoms with E-state index in [1.165, 1.54) is 16.7 Å². The van der Waals surface area contributed by atoms with Gasteiger partial charge in [0.05, 0.1) is 12.3 Å². The van der Waals surface area contributed by atoms with E-state index in [-0.39, 0.29) is 5.91 Å². The fourth-order valence-electron chi connectivity index (χ4n) is 0.803. The zero-order chi connectivity index (χ0) is 11.3. The molecule has 80 valence electrons. The highest BCUT2D eigenvalue weighted by molar-refractivity contribution is 8.15. The molecule has 5 nitrogen and oxygen atoms in total. The molecule has 15 heavy (non-hydrogen) atoms. The summed E-state index contributed by atoms with van der Waals surface area (Å²) in [5.41, 5.74) is 2.61. The molecule has 0 spiro atoms. The van der Waals surface area contributed by atoms with Crippen LogP contribution in [0.1, 0.15) is 0 Å². The van der Waals surface area contributed by atoms with Gasteiger partial charge < -0.3 is 5.32 Å². The second-order valence-corrected chi connectivity index (χ2v) is 3.99. The largest absolute Gasteiger partial charge is 0.350 e. The highest BCUT2D eigenvalue weighted by Crippen LogP contribution is 2.16. The summed E-state index contributed by atoms with van der Waals surface area (Å²) in [6.45, 7) is 0.346. The molecule has 0 unspecified atom stereocenters. The molecular formula is C8H10N4OS2. The van der Waals surface area contributed by atoms with Gasteiger partial charge in [-0.2, -0.15) is 0 Å². The Kier molecular flexibility index (Phi) is 4.39. The van der Waals surface area contributed by atoms with Crippen LogP contribution < -0.4 is 10.7 Å². The Balaban J connectivity index is 2.42.